The lowest BCUT2D eigenvalue weighted by atomic mass is 10.1. The van der Waals surface area contributed by atoms with Crippen molar-refractivity contribution in [2.75, 3.05) is 19.8 Å². The Hall–Kier alpha value is -1.22. The van der Waals surface area contributed by atoms with Gasteiger partial charge in [-0.15, -0.1) is 0 Å². The fourth-order valence-electron chi connectivity index (χ4n) is 1.91. The Labute approximate surface area is 95.3 Å². The molecule has 2 aliphatic rings. The fourth-order valence-corrected chi connectivity index (χ4v) is 1.91. The maximum Gasteiger partial charge on any atom is 0.164 e. The monoisotopic (exact) mass is 220 g/mol. The summed E-state index contributed by atoms with van der Waals surface area (Å²) in [5.41, 5.74) is 1.18. The van der Waals surface area contributed by atoms with Crippen LogP contribution in [0.4, 0.5) is 0 Å². The lowest BCUT2D eigenvalue weighted by Crippen LogP contribution is -2.18. The van der Waals surface area contributed by atoms with Crippen molar-refractivity contribution in [3.8, 4) is 11.5 Å². The van der Waals surface area contributed by atoms with Crippen molar-refractivity contribution in [3.63, 3.8) is 0 Å². The van der Waals surface area contributed by atoms with E-state index in [9.17, 15) is 0 Å². The van der Waals surface area contributed by atoms with E-state index >= 15 is 0 Å². The third kappa shape index (κ3) is 1.87. The second kappa shape index (κ2) is 3.67. The summed E-state index contributed by atoms with van der Waals surface area (Å²) in [7, 11) is 0. The Bertz CT molecular complexity index is 396. The van der Waals surface area contributed by atoms with Crippen molar-refractivity contribution < 1.29 is 14.2 Å². The van der Waals surface area contributed by atoms with Crippen molar-refractivity contribution in [2.45, 2.75) is 25.4 Å². The molecule has 3 nitrogen and oxygen atoms in total. The van der Waals surface area contributed by atoms with Crippen molar-refractivity contribution >= 4 is 0 Å². The minimum absolute atomic E-state index is 0.0720. The van der Waals surface area contributed by atoms with Crippen molar-refractivity contribution in [1.29, 1.82) is 0 Å². The first-order valence-corrected chi connectivity index (χ1v) is 5.78. The number of para-hydroxylation sites is 1. The van der Waals surface area contributed by atoms with Crippen LogP contribution in [-0.2, 0) is 11.2 Å². The van der Waals surface area contributed by atoms with Crippen molar-refractivity contribution in [1.82, 2.24) is 0 Å². The lowest BCUT2D eigenvalue weighted by molar-refractivity contribution is 0.190. The van der Waals surface area contributed by atoms with Crippen LogP contribution in [0, 0.1) is 0 Å². The normalized spacial score (nSPS) is 26.8. The van der Waals surface area contributed by atoms with Crippen LogP contribution in [0.15, 0.2) is 18.2 Å². The SMILES string of the molecule is CC1(COc2cccc3c2OCCC3)CO1. The van der Waals surface area contributed by atoms with Gasteiger partial charge in [-0.3, -0.25) is 0 Å². The number of rotatable bonds is 3. The van der Waals surface area contributed by atoms with E-state index in [2.05, 4.69) is 13.0 Å². The molecule has 1 unspecified atom stereocenters. The summed E-state index contributed by atoms with van der Waals surface area (Å²) in [5, 5.41) is 0. The van der Waals surface area contributed by atoms with Crippen LogP contribution in [0.3, 0.4) is 0 Å². The molecule has 0 aromatic heterocycles. The van der Waals surface area contributed by atoms with E-state index in [0.29, 0.717) is 6.61 Å². The second-order valence-corrected chi connectivity index (χ2v) is 4.72. The highest BCUT2D eigenvalue weighted by Gasteiger charge is 2.40. The van der Waals surface area contributed by atoms with Gasteiger partial charge in [0.15, 0.2) is 11.5 Å². The molecule has 0 N–H and O–H groups in total. The number of benzene rings is 1. The smallest absolute Gasteiger partial charge is 0.164 e. The summed E-state index contributed by atoms with van der Waals surface area (Å²) in [4.78, 5) is 0. The zero-order valence-corrected chi connectivity index (χ0v) is 9.49. The molecule has 0 saturated carbocycles. The van der Waals surface area contributed by atoms with E-state index in [1.54, 1.807) is 0 Å². The highest BCUT2D eigenvalue weighted by molar-refractivity contribution is 5.47. The predicted molar refractivity (Wildman–Crippen MR) is 60.1 cm³/mol. The van der Waals surface area contributed by atoms with Crippen molar-refractivity contribution in [2.24, 2.45) is 0 Å². The molecular weight excluding hydrogens is 204 g/mol. The summed E-state index contributed by atoms with van der Waals surface area (Å²) in [5.74, 6) is 1.78. The highest BCUT2D eigenvalue weighted by Crippen LogP contribution is 2.36. The molecular formula is C13H16O3. The average Bonchev–Trinajstić information content (AvgIpc) is 3.05. The van der Waals surface area contributed by atoms with E-state index in [1.807, 2.05) is 12.1 Å². The number of epoxide rings is 1. The van der Waals surface area contributed by atoms with Gasteiger partial charge < -0.3 is 14.2 Å². The molecule has 2 heterocycles. The zero-order chi connectivity index (χ0) is 11.0. The standard InChI is InChI=1S/C13H16O3/c1-13(9-16-13)8-15-11-6-2-4-10-5-3-7-14-12(10)11/h2,4,6H,3,5,7-9H2,1H3. The van der Waals surface area contributed by atoms with Gasteiger partial charge >= 0.3 is 0 Å². The van der Waals surface area contributed by atoms with Crippen LogP contribution in [0.25, 0.3) is 0 Å². The molecule has 1 atom stereocenters. The van der Waals surface area contributed by atoms with E-state index in [0.717, 1.165) is 37.6 Å². The molecule has 3 heteroatoms. The lowest BCUT2D eigenvalue weighted by Gasteiger charge is -2.20. The van der Waals surface area contributed by atoms with Gasteiger partial charge in [0.25, 0.3) is 0 Å². The van der Waals surface area contributed by atoms with Gasteiger partial charge in [0.1, 0.15) is 12.2 Å². The zero-order valence-electron chi connectivity index (χ0n) is 9.49. The number of ether oxygens (including phenoxy) is 3. The van der Waals surface area contributed by atoms with Gasteiger partial charge in [-0.1, -0.05) is 12.1 Å². The van der Waals surface area contributed by atoms with Crippen LogP contribution in [-0.4, -0.2) is 25.4 Å². The van der Waals surface area contributed by atoms with E-state index in [-0.39, 0.29) is 5.60 Å². The molecule has 0 spiro atoms. The first kappa shape index (κ1) is 9.97. The van der Waals surface area contributed by atoms with Crippen LogP contribution in [0.5, 0.6) is 11.5 Å². The maximum absolute atomic E-state index is 5.78. The third-order valence-electron chi connectivity index (χ3n) is 3.07. The average molecular weight is 220 g/mol. The Balaban J connectivity index is 1.78. The first-order chi connectivity index (χ1) is 7.77. The molecule has 1 fully saturated rings. The molecule has 16 heavy (non-hydrogen) atoms. The minimum Gasteiger partial charge on any atom is -0.489 e. The Kier molecular flexibility index (Phi) is 2.28. The largest absolute Gasteiger partial charge is 0.489 e. The van der Waals surface area contributed by atoms with E-state index in [1.165, 1.54) is 5.56 Å². The van der Waals surface area contributed by atoms with E-state index < -0.39 is 0 Å². The van der Waals surface area contributed by atoms with Gasteiger partial charge in [0, 0.05) is 0 Å². The molecule has 86 valence electrons. The van der Waals surface area contributed by atoms with Gasteiger partial charge in [-0.05, 0) is 31.4 Å². The van der Waals surface area contributed by atoms with Gasteiger partial charge in [0.2, 0.25) is 0 Å². The Morgan fingerprint density at radius 1 is 1.44 bits per heavy atom. The van der Waals surface area contributed by atoms with E-state index in [4.69, 9.17) is 14.2 Å². The summed E-state index contributed by atoms with van der Waals surface area (Å²) >= 11 is 0. The highest BCUT2D eigenvalue weighted by atomic mass is 16.6. The third-order valence-corrected chi connectivity index (χ3v) is 3.07. The minimum atomic E-state index is -0.0720. The van der Waals surface area contributed by atoms with Gasteiger partial charge in [-0.2, -0.15) is 0 Å². The number of hydrogen-bond acceptors (Lipinski definition) is 3. The molecule has 0 amide bonds. The maximum atomic E-state index is 5.78. The molecule has 3 rings (SSSR count). The number of hydrogen-bond donors (Lipinski definition) is 0. The van der Waals surface area contributed by atoms with Gasteiger partial charge in [-0.25, -0.2) is 0 Å². The molecule has 0 radical (unpaired) electrons. The molecule has 1 aromatic carbocycles. The summed E-state index contributed by atoms with van der Waals surface area (Å²) < 4.78 is 16.8. The summed E-state index contributed by atoms with van der Waals surface area (Å²) in [6, 6.07) is 6.10. The molecule has 2 aliphatic heterocycles. The van der Waals surface area contributed by atoms with Crippen LogP contribution >= 0.6 is 0 Å². The fraction of sp³-hybridized carbons (Fsp3) is 0.538. The van der Waals surface area contributed by atoms with Crippen molar-refractivity contribution in [3.05, 3.63) is 23.8 Å². The summed E-state index contributed by atoms with van der Waals surface area (Å²) in [6.07, 6.45) is 2.18. The number of fused-ring (bicyclic) bond motifs is 1. The Morgan fingerprint density at radius 2 is 2.31 bits per heavy atom. The molecule has 1 saturated heterocycles. The Morgan fingerprint density at radius 3 is 3.12 bits per heavy atom. The molecule has 1 aromatic rings. The van der Waals surface area contributed by atoms with Crippen LogP contribution in [0.2, 0.25) is 0 Å². The van der Waals surface area contributed by atoms with Crippen LogP contribution in [0.1, 0.15) is 18.9 Å². The van der Waals surface area contributed by atoms with Crippen LogP contribution < -0.4 is 9.47 Å². The quantitative estimate of drug-likeness (QED) is 0.731. The second-order valence-electron chi connectivity index (χ2n) is 4.72. The molecule has 0 bridgehead atoms. The predicted octanol–water partition coefficient (Wildman–Crippen LogP) is 2.18. The topological polar surface area (TPSA) is 31.0 Å². The number of aryl methyl sites for hydroxylation is 1. The van der Waals surface area contributed by atoms with Gasteiger partial charge in [0.05, 0.1) is 13.2 Å². The molecule has 0 aliphatic carbocycles. The first-order valence-electron chi connectivity index (χ1n) is 5.78. The summed E-state index contributed by atoms with van der Waals surface area (Å²) in [6.45, 7) is 4.25.